The molecule has 0 aromatic heterocycles. The van der Waals surface area contributed by atoms with Gasteiger partial charge in [-0.15, -0.1) is 0 Å². The van der Waals surface area contributed by atoms with E-state index in [4.69, 9.17) is 15.2 Å². The third kappa shape index (κ3) is 2.86. The average Bonchev–Trinajstić information content (AvgIpc) is 2.18. The summed E-state index contributed by atoms with van der Waals surface area (Å²) < 4.78 is 11.5. The Kier molecular flexibility index (Phi) is 4.42. The van der Waals surface area contributed by atoms with Crippen LogP contribution in [0.25, 0.3) is 0 Å². The molecule has 84 valence electrons. The van der Waals surface area contributed by atoms with Gasteiger partial charge in [0, 0.05) is 11.6 Å². The molecular weight excluding hydrogens is 258 g/mol. The molecule has 0 heterocycles. The maximum Gasteiger partial charge on any atom is 0.139 e. The Labute approximate surface area is 98.7 Å². The smallest absolute Gasteiger partial charge is 0.139 e. The van der Waals surface area contributed by atoms with E-state index >= 15 is 0 Å². The standard InChI is InChI=1S/C11H16BrNO2/c1-7(13)6-8-10(14-2)5-4-9(12)11(8)15-3/h4-5,7H,6,13H2,1-3H3/t7-/m1/s1. The highest BCUT2D eigenvalue weighted by atomic mass is 79.9. The van der Waals surface area contributed by atoms with Gasteiger partial charge in [0.1, 0.15) is 11.5 Å². The Morgan fingerprint density at radius 2 is 2.00 bits per heavy atom. The fourth-order valence-electron chi connectivity index (χ4n) is 1.51. The molecule has 0 radical (unpaired) electrons. The SMILES string of the molecule is COc1ccc(Br)c(OC)c1C[C@@H](C)N. The van der Waals surface area contributed by atoms with E-state index in [0.717, 1.165) is 28.0 Å². The summed E-state index contributed by atoms with van der Waals surface area (Å²) in [5.41, 5.74) is 6.80. The van der Waals surface area contributed by atoms with Crippen molar-refractivity contribution in [2.45, 2.75) is 19.4 Å². The van der Waals surface area contributed by atoms with Crippen LogP contribution in [0.4, 0.5) is 0 Å². The summed E-state index contributed by atoms with van der Waals surface area (Å²) >= 11 is 3.44. The van der Waals surface area contributed by atoms with Crippen molar-refractivity contribution in [1.29, 1.82) is 0 Å². The van der Waals surface area contributed by atoms with Crippen LogP contribution in [0.1, 0.15) is 12.5 Å². The van der Waals surface area contributed by atoms with Gasteiger partial charge in [-0.05, 0) is 41.4 Å². The van der Waals surface area contributed by atoms with Gasteiger partial charge in [-0.25, -0.2) is 0 Å². The molecule has 0 aliphatic heterocycles. The fraction of sp³-hybridized carbons (Fsp3) is 0.455. The van der Waals surface area contributed by atoms with Gasteiger partial charge in [0.2, 0.25) is 0 Å². The van der Waals surface area contributed by atoms with E-state index in [-0.39, 0.29) is 6.04 Å². The van der Waals surface area contributed by atoms with Crippen LogP contribution in [0.3, 0.4) is 0 Å². The summed E-state index contributed by atoms with van der Waals surface area (Å²) in [6.07, 6.45) is 0.728. The molecule has 0 unspecified atom stereocenters. The summed E-state index contributed by atoms with van der Waals surface area (Å²) in [5, 5.41) is 0. The molecule has 0 saturated heterocycles. The second kappa shape index (κ2) is 5.37. The average molecular weight is 274 g/mol. The number of nitrogens with two attached hydrogens (primary N) is 1. The Bertz CT molecular complexity index is 340. The normalized spacial score (nSPS) is 12.3. The van der Waals surface area contributed by atoms with Crippen molar-refractivity contribution in [2.75, 3.05) is 14.2 Å². The van der Waals surface area contributed by atoms with Crippen LogP contribution in [0.2, 0.25) is 0 Å². The second-order valence-corrected chi connectivity index (χ2v) is 4.30. The predicted molar refractivity (Wildman–Crippen MR) is 64.6 cm³/mol. The molecule has 0 amide bonds. The molecule has 15 heavy (non-hydrogen) atoms. The van der Waals surface area contributed by atoms with Crippen LogP contribution in [0.15, 0.2) is 16.6 Å². The number of halogens is 1. The topological polar surface area (TPSA) is 44.5 Å². The van der Waals surface area contributed by atoms with Crippen molar-refractivity contribution < 1.29 is 9.47 Å². The first-order valence-electron chi connectivity index (χ1n) is 4.75. The van der Waals surface area contributed by atoms with Gasteiger partial charge in [0.05, 0.1) is 18.7 Å². The lowest BCUT2D eigenvalue weighted by atomic mass is 10.1. The van der Waals surface area contributed by atoms with Crippen LogP contribution in [0.5, 0.6) is 11.5 Å². The molecule has 0 aliphatic carbocycles. The number of rotatable bonds is 4. The maximum absolute atomic E-state index is 5.80. The van der Waals surface area contributed by atoms with Crippen LogP contribution in [-0.4, -0.2) is 20.3 Å². The van der Waals surface area contributed by atoms with E-state index < -0.39 is 0 Å². The quantitative estimate of drug-likeness (QED) is 0.916. The Morgan fingerprint density at radius 1 is 1.33 bits per heavy atom. The van der Waals surface area contributed by atoms with Crippen LogP contribution in [0, 0.1) is 0 Å². The molecule has 2 N–H and O–H groups in total. The largest absolute Gasteiger partial charge is 0.496 e. The summed E-state index contributed by atoms with van der Waals surface area (Å²) in [7, 11) is 3.29. The molecule has 0 bridgehead atoms. The zero-order valence-corrected chi connectivity index (χ0v) is 10.8. The number of benzene rings is 1. The van der Waals surface area contributed by atoms with E-state index in [2.05, 4.69) is 15.9 Å². The lowest BCUT2D eigenvalue weighted by Crippen LogP contribution is -2.18. The van der Waals surface area contributed by atoms with Gasteiger partial charge < -0.3 is 15.2 Å². The molecule has 0 fully saturated rings. The molecule has 3 nitrogen and oxygen atoms in total. The second-order valence-electron chi connectivity index (χ2n) is 3.44. The lowest BCUT2D eigenvalue weighted by Gasteiger charge is -2.15. The number of hydrogen-bond acceptors (Lipinski definition) is 3. The number of ether oxygens (including phenoxy) is 2. The molecule has 0 saturated carbocycles. The van der Waals surface area contributed by atoms with Gasteiger partial charge in [0.15, 0.2) is 0 Å². The zero-order valence-electron chi connectivity index (χ0n) is 9.21. The highest BCUT2D eigenvalue weighted by Crippen LogP contribution is 2.36. The van der Waals surface area contributed by atoms with Crippen molar-refractivity contribution in [3.8, 4) is 11.5 Å². The molecule has 1 aromatic carbocycles. The van der Waals surface area contributed by atoms with Gasteiger partial charge in [-0.3, -0.25) is 0 Å². The van der Waals surface area contributed by atoms with Gasteiger partial charge in [-0.1, -0.05) is 0 Å². The van der Waals surface area contributed by atoms with E-state index in [1.165, 1.54) is 0 Å². The lowest BCUT2D eigenvalue weighted by molar-refractivity contribution is 0.381. The van der Waals surface area contributed by atoms with E-state index in [0.29, 0.717) is 0 Å². The number of methoxy groups -OCH3 is 2. The first-order valence-corrected chi connectivity index (χ1v) is 5.54. The first kappa shape index (κ1) is 12.3. The fourth-order valence-corrected chi connectivity index (χ4v) is 2.04. The molecule has 1 atom stereocenters. The van der Waals surface area contributed by atoms with Crippen molar-refractivity contribution >= 4 is 15.9 Å². The van der Waals surface area contributed by atoms with E-state index in [9.17, 15) is 0 Å². The van der Waals surface area contributed by atoms with Gasteiger partial charge in [-0.2, -0.15) is 0 Å². The Balaban J connectivity index is 3.21. The first-order chi connectivity index (χ1) is 7.10. The highest BCUT2D eigenvalue weighted by molar-refractivity contribution is 9.10. The van der Waals surface area contributed by atoms with Crippen LogP contribution >= 0.6 is 15.9 Å². The van der Waals surface area contributed by atoms with Crippen LogP contribution in [-0.2, 0) is 6.42 Å². The Hall–Kier alpha value is -0.740. The van der Waals surface area contributed by atoms with Gasteiger partial charge >= 0.3 is 0 Å². The molecule has 0 aliphatic rings. The molecule has 0 spiro atoms. The molecule has 1 rings (SSSR count). The Morgan fingerprint density at radius 3 is 2.47 bits per heavy atom. The number of hydrogen-bond donors (Lipinski definition) is 1. The third-order valence-electron chi connectivity index (χ3n) is 2.12. The minimum absolute atomic E-state index is 0.0714. The summed E-state index contributed by atoms with van der Waals surface area (Å²) in [6.45, 7) is 1.96. The predicted octanol–water partition coefficient (Wildman–Crippen LogP) is 2.36. The zero-order chi connectivity index (χ0) is 11.4. The summed E-state index contributed by atoms with van der Waals surface area (Å²) in [6, 6.07) is 3.88. The molecule has 4 heteroatoms. The maximum atomic E-state index is 5.80. The van der Waals surface area contributed by atoms with Crippen molar-refractivity contribution in [3.63, 3.8) is 0 Å². The minimum atomic E-state index is 0.0714. The molecular formula is C11H16BrNO2. The van der Waals surface area contributed by atoms with E-state index in [1.54, 1.807) is 14.2 Å². The minimum Gasteiger partial charge on any atom is -0.496 e. The van der Waals surface area contributed by atoms with E-state index in [1.807, 2.05) is 19.1 Å². The third-order valence-corrected chi connectivity index (χ3v) is 2.74. The molecule has 1 aromatic rings. The van der Waals surface area contributed by atoms with Crippen molar-refractivity contribution in [1.82, 2.24) is 0 Å². The van der Waals surface area contributed by atoms with Crippen molar-refractivity contribution in [2.24, 2.45) is 5.73 Å². The summed E-state index contributed by atoms with van der Waals surface area (Å²) in [5.74, 6) is 1.61. The summed E-state index contributed by atoms with van der Waals surface area (Å²) in [4.78, 5) is 0. The van der Waals surface area contributed by atoms with Crippen molar-refractivity contribution in [3.05, 3.63) is 22.2 Å². The van der Waals surface area contributed by atoms with Gasteiger partial charge in [0.25, 0.3) is 0 Å². The van der Waals surface area contributed by atoms with Crippen LogP contribution < -0.4 is 15.2 Å². The monoisotopic (exact) mass is 273 g/mol. The highest BCUT2D eigenvalue weighted by Gasteiger charge is 2.14.